The van der Waals surface area contributed by atoms with Crippen LogP contribution in [-0.4, -0.2) is 30.6 Å². The van der Waals surface area contributed by atoms with E-state index in [0.717, 1.165) is 31.5 Å². The Kier molecular flexibility index (Phi) is 4.69. The molecule has 2 nitrogen and oxygen atoms in total. The molecule has 1 aliphatic heterocycles. The first-order valence-electron chi connectivity index (χ1n) is 7.55. The molecule has 1 aliphatic rings. The molecule has 2 rings (SSSR count). The molecule has 3 heteroatoms. The van der Waals surface area contributed by atoms with Crippen molar-refractivity contribution < 1.29 is 9.13 Å². The van der Waals surface area contributed by atoms with Gasteiger partial charge in [0.1, 0.15) is 6.61 Å². The minimum Gasteiger partial charge on any atom is -0.489 e. The molecule has 0 amide bonds. The van der Waals surface area contributed by atoms with Crippen LogP contribution < -0.4 is 4.74 Å². The number of hydrogen-bond acceptors (Lipinski definition) is 2. The molecule has 0 spiro atoms. The van der Waals surface area contributed by atoms with E-state index in [0.29, 0.717) is 18.4 Å². The molecule has 20 heavy (non-hydrogen) atoms. The highest BCUT2D eigenvalue weighted by Crippen LogP contribution is 2.30. The van der Waals surface area contributed by atoms with Crippen molar-refractivity contribution in [1.82, 2.24) is 4.90 Å². The number of halogens is 1. The zero-order chi connectivity index (χ0) is 14.8. The Bertz CT molecular complexity index is 453. The number of fused-ring (bicyclic) bond motifs is 1. The van der Waals surface area contributed by atoms with Gasteiger partial charge in [-0.3, -0.25) is 4.90 Å². The zero-order valence-electron chi connectivity index (χ0n) is 13.1. The van der Waals surface area contributed by atoms with Crippen LogP contribution in [0.3, 0.4) is 0 Å². The second kappa shape index (κ2) is 6.13. The van der Waals surface area contributed by atoms with Gasteiger partial charge < -0.3 is 4.74 Å². The van der Waals surface area contributed by atoms with Gasteiger partial charge in [-0.15, -0.1) is 0 Å². The molecule has 0 N–H and O–H groups in total. The van der Waals surface area contributed by atoms with Gasteiger partial charge in [0, 0.05) is 12.6 Å². The molecule has 1 heterocycles. The third kappa shape index (κ3) is 3.72. The molecule has 0 radical (unpaired) electrons. The number of para-hydroxylation sites is 1. The quantitative estimate of drug-likeness (QED) is 0.829. The summed E-state index contributed by atoms with van der Waals surface area (Å²) in [6, 6.07) is 5.57. The Morgan fingerprint density at radius 2 is 2.10 bits per heavy atom. The van der Waals surface area contributed by atoms with Gasteiger partial charge in [0.15, 0.2) is 11.6 Å². The highest BCUT2D eigenvalue weighted by Gasteiger charge is 2.28. The summed E-state index contributed by atoms with van der Waals surface area (Å²) in [5.74, 6) is 0.217. The second-order valence-corrected chi connectivity index (χ2v) is 6.93. The van der Waals surface area contributed by atoms with E-state index in [1.54, 1.807) is 6.07 Å². The molecule has 0 aliphatic carbocycles. The first-order chi connectivity index (χ1) is 9.40. The summed E-state index contributed by atoms with van der Waals surface area (Å²) in [6.07, 6.45) is 2.01. The van der Waals surface area contributed by atoms with Crippen LogP contribution in [0.15, 0.2) is 18.2 Å². The molecular weight excluding hydrogens is 253 g/mol. The molecular formula is C17H26FNO. The number of hydrogen-bond donors (Lipinski definition) is 0. The predicted molar refractivity (Wildman–Crippen MR) is 80.7 cm³/mol. The lowest BCUT2D eigenvalue weighted by molar-refractivity contribution is 0.0852. The van der Waals surface area contributed by atoms with Gasteiger partial charge in [-0.2, -0.15) is 0 Å². The molecule has 1 aromatic carbocycles. The molecule has 0 saturated carbocycles. The van der Waals surface area contributed by atoms with E-state index >= 15 is 0 Å². The van der Waals surface area contributed by atoms with Gasteiger partial charge in [0.25, 0.3) is 0 Å². The van der Waals surface area contributed by atoms with Crippen LogP contribution in [-0.2, 0) is 6.42 Å². The molecule has 112 valence electrons. The first-order valence-corrected chi connectivity index (χ1v) is 7.55. The third-order valence-corrected chi connectivity index (χ3v) is 3.63. The molecule has 1 atom stereocenters. The molecule has 1 aromatic rings. The van der Waals surface area contributed by atoms with Crippen LogP contribution in [0.2, 0.25) is 0 Å². The summed E-state index contributed by atoms with van der Waals surface area (Å²) in [5.41, 5.74) is 1.26. The number of benzene rings is 1. The Hall–Kier alpha value is -1.09. The van der Waals surface area contributed by atoms with E-state index < -0.39 is 0 Å². The average Bonchev–Trinajstić information content (AvgIpc) is 2.36. The van der Waals surface area contributed by atoms with Crippen LogP contribution in [0.4, 0.5) is 4.39 Å². The summed E-state index contributed by atoms with van der Waals surface area (Å²) in [5, 5.41) is 0. The lowest BCUT2D eigenvalue weighted by atomic mass is 9.93. The largest absolute Gasteiger partial charge is 0.489 e. The maximum Gasteiger partial charge on any atom is 0.165 e. The van der Waals surface area contributed by atoms with Gasteiger partial charge in [0.2, 0.25) is 0 Å². The Labute approximate surface area is 121 Å². The first kappa shape index (κ1) is 15.3. The minimum absolute atomic E-state index is 0.237. The highest BCUT2D eigenvalue weighted by atomic mass is 19.1. The van der Waals surface area contributed by atoms with E-state index in [4.69, 9.17) is 4.74 Å². The summed E-state index contributed by atoms with van der Waals surface area (Å²) >= 11 is 0. The van der Waals surface area contributed by atoms with Crippen molar-refractivity contribution in [3.05, 3.63) is 29.6 Å². The Morgan fingerprint density at radius 1 is 1.35 bits per heavy atom. The van der Waals surface area contributed by atoms with Crippen molar-refractivity contribution in [2.24, 2.45) is 5.41 Å². The predicted octanol–water partition coefficient (Wildman–Crippen LogP) is 3.89. The monoisotopic (exact) mass is 279 g/mol. The fourth-order valence-electron chi connectivity index (χ4n) is 2.89. The van der Waals surface area contributed by atoms with Gasteiger partial charge >= 0.3 is 0 Å². The summed E-state index contributed by atoms with van der Waals surface area (Å²) < 4.78 is 19.4. The zero-order valence-corrected chi connectivity index (χ0v) is 13.1. The fourth-order valence-corrected chi connectivity index (χ4v) is 2.89. The smallest absolute Gasteiger partial charge is 0.165 e. The average molecular weight is 279 g/mol. The molecule has 1 unspecified atom stereocenters. The van der Waals surface area contributed by atoms with Gasteiger partial charge in [0.05, 0.1) is 0 Å². The van der Waals surface area contributed by atoms with Gasteiger partial charge in [-0.1, -0.05) is 39.8 Å². The van der Waals surface area contributed by atoms with Crippen LogP contribution in [0.25, 0.3) is 0 Å². The maximum absolute atomic E-state index is 13.7. The maximum atomic E-state index is 13.7. The normalized spacial score (nSPS) is 18.8. The lowest BCUT2D eigenvalue weighted by Gasteiger charge is -2.38. The topological polar surface area (TPSA) is 12.5 Å². The van der Waals surface area contributed by atoms with Crippen LogP contribution in [0, 0.1) is 11.2 Å². The van der Waals surface area contributed by atoms with Gasteiger partial charge in [-0.05, 0) is 36.4 Å². The summed E-state index contributed by atoms with van der Waals surface area (Å²) in [4.78, 5) is 2.49. The van der Waals surface area contributed by atoms with E-state index in [9.17, 15) is 4.39 Å². The third-order valence-electron chi connectivity index (χ3n) is 3.63. The van der Waals surface area contributed by atoms with Crippen LogP contribution >= 0.6 is 0 Å². The van der Waals surface area contributed by atoms with Crippen molar-refractivity contribution in [3.8, 4) is 5.75 Å². The van der Waals surface area contributed by atoms with Gasteiger partial charge in [-0.25, -0.2) is 4.39 Å². The van der Waals surface area contributed by atoms with Crippen molar-refractivity contribution in [3.63, 3.8) is 0 Å². The van der Waals surface area contributed by atoms with E-state index in [2.05, 4.69) is 32.6 Å². The Balaban J connectivity index is 2.13. The van der Waals surface area contributed by atoms with Crippen LogP contribution in [0.1, 0.15) is 39.7 Å². The minimum atomic E-state index is -0.237. The molecule has 0 aromatic heterocycles. The molecule has 0 saturated heterocycles. The van der Waals surface area contributed by atoms with Crippen molar-refractivity contribution in [2.45, 2.75) is 46.6 Å². The summed E-state index contributed by atoms with van der Waals surface area (Å²) in [7, 11) is 0. The fraction of sp³-hybridized carbons (Fsp3) is 0.647. The van der Waals surface area contributed by atoms with Crippen molar-refractivity contribution in [1.29, 1.82) is 0 Å². The van der Waals surface area contributed by atoms with Crippen molar-refractivity contribution in [2.75, 3.05) is 19.7 Å². The summed E-state index contributed by atoms with van der Waals surface area (Å²) in [6.45, 7) is 11.7. The van der Waals surface area contributed by atoms with Crippen molar-refractivity contribution >= 4 is 0 Å². The number of ether oxygens (including phenoxy) is 1. The highest BCUT2D eigenvalue weighted by molar-refractivity contribution is 5.37. The van der Waals surface area contributed by atoms with E-state index in [1.165, 1.54) is 6.07 Å². The Morgan fingerprint density at radius 3 is 2.75 bits per heavy atom. The standard InChI is InChI=1S/C17H26FNO/c1-5-9-19(12-17(2,3)4)14-10-13-7-6-8-15(18)16(13)20-11-14/h6-8,14H,5,9-12H2,1-4H3. The SMILES string of the molecule is CCCN(CC(C)(C)C)C1COc2c(F)cccc2C1. The van der Waals surface area contributed by atoms with E-state index in [1.807, 2.05) is 6.07 Å². The molecule has 0 fully saturated rings. The molecule has 0 bridgehead atoms. The van der Waals surface area contributed by atoms with Crippen LogP contribution in [0.5, 0.6) is 5.75 Å². The lowest BCUT2D eigenvalue weighted by Crippen LogP contribution is -2.47. The second-order valence-electron chi connectivity index (χ2n) is 6.93. The van der Waals surface area contributed by atoms with E-state index in [-0.39, 0.29) is 11.2 Å². The number of nitrogens with zero attached hydrogens (tertiary/aromatic N) is 1. The number of rotatable bonds is 4.